The molecular formula is C14H23N3O. The highest BCUT2D eigenvalue weighted by Crippen LogP contribution is 2.36. The minimum atomic E-state index is 0.323. The Morgan fingerprint density at radius 2 is 2.06 bits per heavy atom. The van der Waals surface area contributed by atoms with E-state index in [2.05, 4.69) is 30.8 Å². The van der Waals surface area contributed by atoms with E-state index >= 15 is 0 Å². The quantitative estimate of drug-likeness (QED) is 0.755. The summed E-state index contributed by atoms with van der Waals surface area (Å²) < 4.78 is 1.84. The number of aldehydes is 1. The molecule has 0 spiro atoms. The van der Waals surface area contributed by atoms with E-state index in [9.17, 15) is 4.79 Å². The van der Waals surface area contributed by atoms with E-state index in [0.29, 0.717) is 11.3 Å². The van der Waals surface area contributed by atoms with Crippen LogP contribution in [0.25, 0.3) is 0 Å². The van der Waals surface area contributed by atoms with E-state index in [4.69, 9.17) is 0 Å². The van der Waals surface area contributed by atoms with Crippen LogP contribution >= 0.6 is 0 Å². The van der Waals surface area contributed by atoms with Crippen LogP contribution in [0.3, 0.4) is 0 Å². The van der Waals surface area contributed by atoms with Crippen molar-refractivity contribution in [2.24, 2.45) is 18.4 Å². The number of carbonyl (C=O) groups excluding carboxylic acids is 1. The van der Waals surface area contributed by atoms with E-state index in [0.717, 1.165) is 36.5 Å². The molecule has 4 nitrogen and oxygen atoms in total. The second kappa shape index (κ2) is 4.41. The van der Waals surface area contributed by atoms with Crippen molar-refractivity contribution in [1.82, 2.24) is 9.78 Å². The average Bonchev–Trinajstić information content (AvgIpc) is 2.81. The van der Waals surface area contributed by atoms with Crippen molar-refractivity contribution < 1.29 is 4.79 Å². The zero-order valence-electron chi connectivity index (χ0n) is 12.0. The number of carbonyl (C=O) groups is 1. The summed E-state index contributed by atoms with van der Waals surface area (Å²) in [6.45, 7) is 10.8. The maximum atomic E-state index is 11.2. The van der Waals surface area contributed by atoms with E-state index in [-0.39, 0.29) is 0 Å². The molecule has 2 rings (SSSR count). The maximum Gasteiger partial charge on any atom is 0.155 e. The highest BCUT2D eigenvalue weighted by Gasteiger charge is 2.34. The Kier molecular flexibility index (Phi) is 3.21. The lowest BCUT2D eigenvalue weighted by Crippen LogP contribution is -2.27. The molecule has 1 aromatic rings. The van der Waals surface area contributed by atoms with Gasteiger partial charge in [0, 0.05) is 20.1 Å². The van der Waals surface area contributed by atoms with E-state index in [1.807, 2.05) is 18.7 Å². The van der Waals surface area contributed by atoms with Gasteiger partial charge in [0.2, 0.25) is 0 Å². The third-order valence-corrected chi connectivity index (χ3v) is 4.07. The fraction of sp³-hybridized carbons (Fsp3) is 0.714. The SMILES string of the molecule is Cc1nn(C)c(N2CCC(C(C)(C)C)C2)c1C=O. The van der Waals surface area contributed by atoms with Gasteiger partial charge in [-0.25, -0.2) is 0 Å². The van der Waals surface area contributed by atoms with Gasteiger partial charge in [0.25, 0.3) is 0 Å². The van der Waals surface area contributed by atoms with Crippen molar-refractivity contribution in [1.29, 1.82) is 0 Å². The molecule has 0 aliphatic carbocycles. The Balaban J connectivity index is 2.27. The van der Waals surface area contributed by atoms with Gasteiger partial charge < -0.3 is 4.90 Å². The number of anilines is 1. The molecule has 0 bridgehead atoms. The van der Waals surface area contributed by atoms with Crippen LogP contribution in [0.2, 0.25) is 0 Å². The zero-order valence-corrected chi connectivity index (χ0v) is 12.0. The van der Waals surface area contributed by atoms with Gasteiger partial charge in [0.15, 0.2) is 6.29 Å². The molecule has 100 valence electrons. The topological polar surface area (TPSA) is 38.1 Å². The Morgan fingerprint density at radius 1 is 1.39 bits per heavy atom. The molecule has 0 aromatic carbocycles. The molecule has 4 heteroatoms. The third-order valence-electron chi connectivity index (χ3n) is 4.07. The smallest absolute Gasteiger partial charge is 0.155 e. The predicted octanol–water partition coefficient (Wildman–Crippen LogP) is 2.41. The van der Waals surface area contributed by atoms with Gasteiger partial charge >= 0.3 is 0 Å². The van der Waals surface area contributed by atoms with E-state index < -0.39 is 0 Å². The lowest BCUT2D eigenvalue weighted by atomic mass is 9.80. The lowest BCUT2D eigenvalue weighted by molar-refractivity contribution is 0.112. The number of nitrogens with zero attached hydrogens (tertiary/aromatic N) is 3. The Labute approximate surface area is 109 Å². The summed E-state index contributed by atoms with van der Waals surface area (Å²) in [7, 11) is 1.92. The van der Waals surface area contributed by atoms with Crippen molar-refractivity contribution in [2.45, 2.75) is 34.1 Å². The largest absolute Gasteiger partial charge is 0.356 e. The van der Waals surface area contributed by atoms with Gasteiger partial charge in [-0.15, -0.1) is 0 Å². The molecule has 1 unspecified atom stereocenters. The molecule has 1 aliphatic heterocycles. The summed E-state index contributed by atoms with van der Waals surface area (Å²) in [5.41, 5.74) is 1.89. The number of hydrogen-bond acceptors (Lipinski definition) is 3. The van der Waals surface area contributed by atoms with Gasteiger partial charge in [-0.1, -0.05) is 20.8 Å². The Bertz CT molecular complexity index is 456. The average molecular weight is 249 g/mol. The molecule has 0 N–H and O–H groups in total. The molecule has 1 atom stereocenters. The predicted molar refractivity (Wildman–Crippen MR) is 73.1 cm³/mol. The summed E-state index contributed by atoms with van der Waals surface area (Å²) in [4.78, 5) is 13.5. The van der Waals surface area contributed by atoms with Crippen LogP contribution in [0, 0.1) is 18.3 Å². The molecule has 0 saturated carbocycles. The first kappa shape index (κ1) is 13.1. The van der Waals surface area contributed by atoms with Crippen molar-refractivity contribution >= 4 is 12.1 Å². The van der Waals surface area contributed by atoms with Gasteiger partial charge in [0.1, 0.15) is 5.82 Å². The minimum Gasteiger partial charge on any atom is -0.356 e. The normalized spacial score (nSPS) is 20.5. The molecule has 0 amide bonds. The second-order valence-electron chi connectivity index (χ2n) is 6.36. The van der Waals surface area contributed by atoms with Crippen LogP contribution in [-0.4, -0.2) is 29.2 Å². The standard InChI is InChI=1S/C14H23N3O/c1-10-12(9-18)13(16(5)15-10)17-7-6-11(8-17)14(2,3)4/h9,11H,6-8H2,1-5H3. The first-order valence-electron chi connectivity index (χ1n) is 6.58. The maximum absolute atomic E-state index is 11.2. The Morgan fingerprint density at radius 3 is 2.56 bits per heavy atom. The van der Waals surface area contributed by atoms with Crippen LogP contribution in [0.1, 0.15) is 43.2 Å². The molecule has 2 heterocycles. The zero-order chi connectivity index (χ0) is 13.5. The minimum absolute atomic E-state index is 0.323. The van der Waals surface area contributed by atoms with Crippen LogP contribution in [0.15, 0.2) is 0 Å². The molecule has 1 fully saturated rings. The van der Waals surface area contributed by atoms with Gasteiger partial charge in [-0.2, -0.15) is 5.10 Å². The van der Waals surface area contributed by atoms with Crippen molar-refractivity contribution in [3.63, 3.8) is 0 Å². The monoisotopic (exact) mass is 249 g/mol. The fourth-order valence-electron chi connectivity index (χ4n) is 2.83. The first-order chi connectivity index (χ1) is 8.34. The molecular weight excluding hydrogens is 226 g/mol. The first-order valence-corrected chi connectivity index (χ1v) is 6.58. The number of rotatable bonds is 2. The lowest BCUT2D eigenvalue weighted by Gasteiger charge is -2.27. The van der Waals surface area contributed by atoms with Crippen molar-refractivity contribution in [2.75, 3.05) is 18.0 Å². The summed E-state index contributed by atoms with van der Waals surface area (Å²) in [6.07, 6.45) is 2.12. The Hall–Kier alpha value is -1.32. The molecule has 1 aliphatic rings. The number of aryl methyl sites for hydroxylation is 2. The fourth-order valence-corrected chi connectivity index (χ4v) is 2.83. The summed E-state index contributed by atoms with van der Waals surface area (Å²) in [5.74, 6) is 1.65. The third kappa shape index (κ3) is 2.16. The summed E-state index contributed by atoms with van der Waals surface area (Å²) in [5, 5.41) is 4.36. The van der Waals surface area contributed by atoms with Crippen LogP contribution in [0.4, 0.5) is 5.82 Å². The molecule has 1 saturated heterocycles. The van der Waals surface area contributed by atoms with Crippen LogP contribution in [-0.2, 0) is 7.05 Å². The highest BCUT2D eigenvalue weighted by atomic mass is 16.1. The highest BCUT2D eigenvalue weighted by molar-refractivity contribution is 5.84. The number of hydrogen-bond donors (Lipinski definition) is 0. The van der Waals surface area contributed by atoms with Crippen LogP contribution < -0.4 is 4.90 Å². The molecule has 0 radical (unpaired) electrons. The van der Waals surface area contributed by atoms with Crippen molar-refractivity contribution in [3.8, 4) is 0 Å². The molecule has 1 aromatic heterocycles. The van der Waals surface area contributed by atoms with Gasteiger partial charge in [-0.3, -0.25) is 9.48 Å². The van der Waals surface area contributed by atoms with E-state index in [1.54, 1.807) is 0 Å². The van der Waals surface area contributed by atoms with E-state index in [1.165, 1.54) is 6.42 Å². The van der Waals surface area contributed by atoms with Gasteiger partial charge in [-0.05, 0) is 24.7 Å². The van der Waals surface area contributed by atoms with Crippen LogP contribution in [0.5, 0.6) is 0 Å². The van der Waals surface area contributed by atoms with Gasteiger partial charge in [0.05, 0.1) is 11.3 Å². The second-order valence-corrected chi connectivity index (χ2v) is 6.36. The van der Waals surface area contributed by atoms with Crippen molar-refractivity contribution in [3.05, 3.63) is 11.3 Å². The summed E-state index contributed by atoms with van der Waals surface area (Å²) in [6, 6.07) is 0. The number of aromatic nitrogens is 2. The molecule has 18 heavy (non-hydrogen) atoms. The summed E-state index contributed by atoms with van der Waals surface area (Å²) >= 11 is 0.